The van der Waals surface area contributed by atoms with Crippen LogP contribution in [0.2, 0.25) is 0 Å². The number of hydrogen-bond acceptors (Lipinski definition) is 4. The van der Waals surface area contributed by atoms with Crippen molar-refractivity contribution in [2.75, 3.05) is 25.6 Å². The number of methoxy groups -OCH3 is 1. The number of rotatable bonds is 4. The van der Waals surface area contributed by atoms with Gasteiger partial charge in [0.05, 0.1) is 12.8 Å². The van der Waals surface area contributed by atoms with E-state index in [1.807, 2.05) is 0 Å². The molecule has 0 amide bonds. The first-order valence-electron chi connectivity index (χ1n) is 3.81. The molecule has 72 valence electrons. The number of hydrogen-bond donors (Lipinski definition) is 2. The van der Waals surface area contributed by atoms with E-state index in [-0.39, 0.29) is 5.82 Å². The van der Waals surface area contributed by atoms with E-state index in [0.717, 1.165) is 6.20 Å². The molecule has 1 aromatic heterocycles. The highest BCUT2D eigenvalue weighted by Gasteiger charge is 2.00. The van der Waals surface area contributed by atoms with Crippen molar-refractivity contribution in [3.05, 3.63) is 18.1 Å². The topological polar surface area (TPSA) is 34.1 Å². The van der Waals surface area contributed by atoms with Crippen LogP contribution in [0.25, 0.3) is 0 Å². The molecule has 0 atom stereocenters. The Morgan fingerprint density at radius 3 is 3.08 bits per heavy atom. The highest BCUT2D eigenvalue weighted by Crippen LogP contribution is 2.16. The fourth-order valence-corrected chi connectivity index (χ4v) is 1.10. The lowest BCUT2D eigenvalue weighted by Gasteiger charge is -2.06. The van der Waals surface area contributed by atoms with Gasteiger partial charge in [-0.3, -0.25) is 0 Å². The zero-order valence-electron chi connectivity index (χ0n) is 7.25. The quantitative estimate of drug-likeness (QED) is 0.574. The summed E-state index contributed by atoms with van der Waals surface area (Å²) in [6.45, 7) is 1.20. The van der Waals surface area contributed by atoms with E-state index in [2.05, 4.69) is 22.9 Å². The van der Waals surface area contributed by atoms with E-state index in [0.29, 0.717) is 23.9 Å². The lowest BCUT2D eigenvalue weighted by atomic mass is 10.4. The first kappa shape index (κ1) is 10.3. The molecule has 0 aromatic carbocycles. The lowest BCUT2D eigenvalue weighted by Crippen LogP contribution is -2.09. The largest absolute Gasteiger partial charge is 0.383 e. The van der Waals surface area contributed by atoms with Crippen LogP contribution < -0.4 is 5.32 Å². The van der Waals surface area contributed by atoms with Gasteiger partial charge in [0.2, 0.25) is 0 Å². The molecule has 0 aliphatic heterocycles. The van der Waals surface area contributed by atoms with E-state index in [9.17, 15) is 4.39 Å². The van der Waals surface area contributed by atoms with Crippen LogP contribution in [0.4, 0.5) is 10.2 Å². The Hall–Kier alpha value is -0.810. The molecular weight excluding hydrogens is 191 g/mol. The second kappa shape index (κ2) is 5.04. The summed E-state index contributed by atoms with van der Waals surface area (Å²) in [4.78, 5) is 4.33. The normalized spacial score (nSPS) is 10.1. The van der Waals surface area contributed by atoms with Gasteiger partial charge in [-0.15, -0.1) is 12.6 Å². The Bertz CT molecular complexity index is 283. The third kappa shape index (κ3) is 3.20. The molecule has 0 bridgehead atoms. The van der Waals surface area contributed by atoms with Crippen molar-refractivity contribution in [1.29, 1.82) is 0 Å². The zero-order valence-corrected chi connectivity index (χ0v) is 8.14. The summed E-state index contributed by atoms with van der Waals surface area (Å²) < 4.78 is 17.4. The first-order chi connectivity index (χ1) is 6.24. The molecule has 0 aliphatic rings. The molecule has 3 nitrogen and oxygen atoms in total. The number of halogens is 1. The molecule has 0 saturated heterocycles. The van der Waals surface area contributed by atoms with Crippen LogP contribution >= 0.6 is 12.6 Å². The third-order valence-electron chi connectivity index (χ3n) is 1.43. The smallest absolute Gasteiger partial charge is 0.142 e. The maximum absolute atomic E-state index is 12.6. The van der Waals surface area contributed by atoms with Crippen molar-refractivity contribution < 1.29 is 9.13 Å². The minimum atomic E-state index is -0.387. The summed E-state index contributed by atoms with van der Waals surface area (Å²) in [7, 11) is 1.61. The molecule has 1 heterocycles. The summed E-state index contributed by atoms with van der Waals surface area (Å²) in [5, 5.41) is 2.96. The summed E-state index contributed by atoms with van der Waals surface area (Å²) in [5.41, 5.74) is 0. The molecule has 0 saturated carbocycles. The van der Waals surface area contributed by atoms with Crippen molar-refractivity contribution in [3.8, 4) is 0 Å². The molecule has 1 N–H and O–H groups in total. The van der Waals surface area contributed by atoms with Gasteiger partial charge in [-0.1, -0.05) is 0 Å². The Balaban J connectivity index is 2.56. The molecule has 0 spiro atoms. The Morgan fingerprint density at radius 1 is 1.69 bits per heavy atom. The predicted octanol–water partition coefficient (Wildman–Crippen LogP) is 1.57. The van der Waals surface area contributed by atoms with Crippen LogP contribution in [-0.4, -0.2) is 25.2 Å². The Kier molecular flexibility index (Phi) is 3.98. The predicted molar refractivity (Wildman–Crippen MR) is 51.8 cm³/mol. The van der Waals surface area contributed by atoms with Crippen LogP contribution in [0, 0.1) is 5.82 Å². The molecule has 13 heavy (non-hydrogen) atoms. The number of nitrogens with one attached hydrogen (secondary N) is 1. The molecule has 0 unspecified atom stereocenters. The van der Waals surface area contributed by atoms with Gasteiger partial charge >= 0.3 is 0 Å². The van der Waals surface area contributed by atoms with Gasteiger partial charge in [0.25, 0.3) is 0 Å². The number of anilines is 1. The Morgan fingerprint density at radius 2 is 2.46 bits per heavy atom. The minimum Gasteiger partial charge on any atom is -0.383 e. The van der Waals surface area contributed by atoms with Crippen LogP contribution in [0.5, 0.6) is 0 Å². The Labute approximate surface area is 81.7 Å². The van der Waals surface area contributed by atoms with Crippen molar-refractivity contribution in [2.24, 2.45) is 0 Å². The molecule has 0 radical (unpaired) electrons. The van der Waals surface area contributed by atoms with Crippen molar-refractivity contribution >= 4 is 18.4 Å². The lowest BCUT2D eigenvalue weighted by molar-refractivity contribution is 0.210. The number of pyridine rings is 1. The van der Waals surface area contributed by atoms with Crippen molar-refractivity contribution in [3.63, 3.8) is 0 Å². The highest BCUT2D eigenvalue weighted by atomic mass is 32.1. The highest BCUT2D eigenvalue weighted by molar-refractivity contribution is 7.80. The van der Waals surface area contributed by atoms with E-state index < -0.39 is 0 Å². The summed E-state index contributed by atoms with van der Waals surface area (Å²) in [6, 6.07) is 1.31. The summed E-state index contributed by atoms with van der Waals surface area (Å²) in [5.74, 6) is 0.184. The van der Waals surface area contributed by atoms with Gasteiger partial charge in [0.15, 0.2) is 0 Å². The maximum Gasteiger partial charge on any atom is 0.142 e. The molecule has 1 rings (SSSR count). The number of thiol groups is 1. The average Bonchev–Trinajstić information content (AvgIpc) is 2.09. The summed E-state index contributed by atoms with van der Waals surface area (Å²) >= 11 is 4.06. The standard InChI is InChI=1S/C8H11FN2OS/c1-12-3-2-10-8-7(13)4-6(9)5-11-8/h4-5,13H,2-3H2,1H3,(H,10,11). The SMILES string of the molecule is COCCNc1ncc(F)cc1S. The molecule has 0 fully saturated rings. The zero-order chi connectivity index (χ0) is 9.68. The number of ether oxygens (including phenoxy) is 1. The van der Waals surface area contributed by atoms with Crippen LogP contribution in [0.1, 0.15) is 0 Å². The van der Waals surface area contributed by atoms with E-state index in [1.54, 1.807) is 7.11 Å². The number of aromatic nitrogens is 1. The van der Waals surface area contributed by atoms with Gasteiger partial charge in [0, 0.05) is 18.6 Å². The van der Waals surface area contributed by atoms with Gasteiger partial charge in [-0.05, 0) is 6.07 Å². The molecule has 1 aromatic rings. The van der Waals surface area contributed by atoms with Crippen molar-refractivity contribution in [2.45, 2.75) is 4.90 Å². The fraction of sp³-hybridized carbons (Fsp3) is 0.375. The fourth-order valence-electron chi connectivity index (χ4n) is 0.836. The minimum absolute atomic E-state index is 0.387. The van der Waals surface area contributed by atoms with Crippen LogP contribution in [0.3, 0.4) is 0 Å². The van der Waals surface area contributed by atoms with Gasteiger partial charge in [-0.25, -0.2) is 9.37 Å². The van der Waals surface area contributed by atoms with E-state index in [1.165, 1.54) is 6.07 Å². The van der Waals surface area contributed by atoms with Gasteiger partial charge < -0.3 is 10.1 Å². The maximum atomic E-state index is 12.6. The second-order valence-electron chi connectivity index (χ2n) is 2.44. The number of nitrogens with zero attached hydrogens (tertiary/aromatic N) is 1. The van der Waals surface area contributed by atoms with Crippen LogP contribution in [0.15, 0.2) is 17.2 Å². The average molecular weight is 202 g/mol. The molecule has 5 heteroatoms. The van der Waals surface area contributed by atoms with Crippen LogP contribution in [-0.2, 0) is 4.74 Å². The second-order valence-corrected chi connectivity index (χ2v) is 2.92. The monoisotopic (exact) mass is 202 g/mol. The summed E-state index contributed by atoms with van der Waals surface area (Å²) in [6.07, 6.45) is 1.15. The first-order valence-corrected chi connectivity index (χ1v) is 4.26. The third-order valence-corrected chi connectivity index (χ3v) is 1.77. The van der Waals surface area contributed by atoms with Gasteiger partial charge in [0.1, 0.15) is 11.6 Å². The molecule has 0 aliphatic carbocycles. The van der Waals surface area contributed by atoms with E-state index >= 15 is 0 Å². The van der Waals surface area contributed by atoms with E-state index in [4.69, 9.17) is 4.74 Å². The van der Waals surface area contributed by atoms with Crippen molar-refractivity contribution in [1.82, 2.24) is 4.98 Å². The molecular formula is C8H11FN2OS. The van der Waals surface area contributed by atoms with Gasteiger partial charge in [-0.2, -0.15) is 0 Å².